The molecule has 1 N–H and O–H groups in total. The summed E-state index contributed by atoms with van der Waals surface area (Å²) in [6.45, 7) is 1.85. The van der Waals surface area contributed by atoms with Crippen molar-refractivity contribution in [1.82, 2.24) is 10.3 Å². The third-order valence-corrected chi connectivity index (χ3v) is 3.36. The summed E-state index contributed by atoms with van der Waals surface area (Å²) in [5, 5.41) is 13.3. The molecule has 1 aromatic heterocycles. The first-order valence-electron chi connectivity index (χ1n) is 5.56. The lowest BCUT2D eigenvalue weighted by molar-refractivity contribution is -0.385. The molecule has 0 aliphatic heterocycles. The largest absolute Gasteiger partial charge is 0.349 e. The van der Waals surface area contributed by atoms with Gasteiger partial charge in [0.05, 0.1) is 4.92 Å². The van der Waals surface area contributed by atoms with E-state index in [9.17, 15) is 14.9 Å². The summed E-state index contributed by atoms with van der Waals surface area (Å²) in [6, 6.07) is 1.23. The molecule has 1 aromatic rings. The van der Waals surface area contributed by atoms with E-state index in [2.05, 4.69) is 10.3 Å². The Labute approximate surface area is 120 Å². The predicted molar refractivity (Wildman–Crippen MR) is 75.8 cm³/mol. The van der Waals surface area contributed by atoms with Gasteiger partial charge in [0.2, 0.25) is 5.15 Å². The molecule has 1 unspecified atom stereocenters. The molecule has 19 heavy (non-hydrogen) atoms. The van der Waals surface area contributed by atoms with Crippen molar-refractivity contribution in [2.75, 3.05) is 12.0 Å². The molecule has 1 rings (SSSR count). The second-order valence-electron chi connectivity index (χ2n) is 3.91. The molecule has 0 saturated heterocycles. The zero-order valence-electron chi connectivity index (χ0n) is 10.6. The van der Waals surface area contributed by atoms with Crippen LogP contribution in [0.15, 0.2) is 12.3 Å². The molecule has 104 valence electrons. The van der Waals surface area contributed by atoms with E-state index < -0.39 is 16.5 Å². The number of carbonyl (C=O) groups excluding carboxylic acids is 1. The highest BCUT2D eigenvalue weighted by Crippen LogP contribution is 2.25. The van der Waals surface area contributed by atoms with E-state index in [1.54, 1.807) is 11.8 Å². The van der Waals surface area contributed by atoms with E-state index >= 15 is 0 Å². The first kappa shape index (κ1) is 15.7. The fraction of sp³-hybridized carbons (Fsp3) is 0.455. The van der Waals surface area contributed by atoms with Gasteiger partial charge in [0.15, 0.2) is 0 Å². The third kappa shape index (κ3) is 4.36. The van der Waals surface area contributed by atoms with Crippen LogP contribution in [-0.4, -0.2) is 33.9 Å². The van der Waals surface area contributed by atoms with Gasteiger partial charge in [-0.2, -0.15) is 11.8 Å². The van der Waals surface area contributed by atoms with Gasteiger partial charge in [0, 0.05) is 12.2 Å². The first-order chi connectivity index (χ1) is 8.97. The second kappa shape index (κ2) is 7.30. The Hall–Kier alpha value is -1.34. The summed E-state index contributed by atoms with van der Waals surface area (Å²) in [5.41, 5.74) is -0.528. The molecule has 0 aromatic carbocycles. The topological polar surface area (TPSA) is 85.1 Å². The minimum absolute atomic E-state index is 0.0634. The highest BCUT2D eigenvalue weighted by atomic mass is 35.5. The van der Waals surface area contributed by atoms with Crippen LogP contribution in [0.1, 0.15) is 23.7 Å². The molecule has 0 saturated carbocycles. The molecule has 8 heteroatoms. The smallest absolute Gasteiger partial charge is 0.319 e. The Kier molecular flexibility index (Phi) is 6.04. The lowest BCUT2D eigenvalue weighted by atomic mass is 10.2. The van der Waals surface area contributed by atoms with Gasteiger partial charge in [-0.25, -0.2) is 4.98 Å². The predicted octanol–water partition coefficient (Wildman–Crippen LogP) is 2.51. The molecular formula is C11H14ClN3O3S. The van der Waals surface area contributed by atoms with E-state index in [1.807, 2.05) is 13.2 Å². The maximum Gasteiger partial charge on any atom is 0.319 e. The van der Waals surface area contributed by atoms with Crippen molar-refractivity contribution >= 4 is 35.0 Å². The van der Waals surface area contributed by atoms with Gasteiger partial charge in [-0.05, 0) is 31.4 Å². The number of nitrogens with one attached hydrogen (secondary N) is 1. The number of thioether (sulfide) groups is 1. The highest BCUT2D eigenvalue weighted by molar-refractivity contribution is 7.98. The van der Waals surface area contributed by atoms with Gasteiger partial charge in [-0.3, -0.25) is 14.9 Å². The number of nitro groups is 1. The summed E-state index contributed by atoms with van der Waals surface area (Å²) < 4.78 is 0. The van der Waals surface area contributed by atoms with Crippen LogP contribution in [0.25, 0.3) is 0 Å². The molecule has 6 nitrogen and oxygen atoms in total. The van der Waals surface area contributed by atoms with E-state index in [0.717, 1.165) is 12.2 Å². The van der Waals surface area contributed by atoms with Crippen molar-refractivity contribution in [2.24, 2.45) is 0 Å². The van der Waals surface area contributed by atoms with Crippen molar-refractivity contribution in [1.29, 1.82) is 0 Å². The summed E-state index contributed by atoms with van der Waals surface area (Å²) in [5.74, 6) is 0.394. The van der Waals surface area contributed by atoms with E-state index in [1.165, 1.54) is 12.3 Å². The number of rotatable bonds is 6. The summed E-state index contributed by atoms with van der Waals surface area (Å²) in [4.78, 5) is 25.8. The molecular weight excluding hydrogens is 290 g/mol. The van der Waals surface area contributed by atoms with Crippen molar-refractivity contribution < 1.29 is 9.72 Å². The van der Waals surface area contributed by atoms with Crippen molar-refractivity contribution in [3.8, 4) is 0 Å². The Balaban J connectivity index is 2.88. The molecule has 1 atom stereocenters. The zero-order valence-corrected chi connectivity index (χ0v) is 12.1. The van der Waals surface area contributed by atoms with Crippen LogP contribution in [0.2, 0.25) is 5.15 Å². The molecule has 0 bridgehead atoms. The van der Waals surface area contributed by atoms with Crippen LogP contribution in [0.5, 0.6) is 0 Å². The van der Waals surface area contributed by atoms with Crippen LogP contribution in [0, 0.1) is 10.1 Å². The van der Waals surface area contributed by atoms with E-state index in [0.29, 0.717) is 0 Å². The number of amides is 1. The molecule has 0 aliphatic carbocycles. The monoisotopic (exact) mass is 303 g/mol. The minimum atomic E-state index is -0.698. The lowest BCUT2D eigenvalue weighted by Crippen LogP contribution is -2.33. The molecule has 1 heterocycles. The number of halogens is 1. The molecule has 0 radical (unpaired) electrons. The van der Waals surface area contributed by atoms with Gasteiger partial charge in [-0.1, -0.05) is 11.6 Å². The minimum Gasteiger partial charge on any atom is -0.349 e. The molecule has 0 aliphatic rings. The molecule has 1 amide bonds. The maximum atomic E-state index is 12.0. The molecule has 0 fully saturated rings. The summed E-state index contributed by atoms with van der Waals surface area (Å²) >= 11 is 7.33. The number of nitrogens with zero attached hydrogens (tertiary/aromatic N) is 2. The van der Waals surface area contributed by atoms with Crippen LogP contribution in [0.3, 0.4) is 0 Å². The van der Waals surface area contributed by atoms with Gasteiger partial charge in [-0.15, -0.1) is 0 Å². The second-order valence-corrected chi connectivity index (χ2v) is 5.25. The summed E-state index contributed by atoms with van der Waals surface area (Å²) in [6.07, 6.45) is 4.04. The fourth-order valence-corrected chi connectivity index (χ4v) is 2.27. The average Bonchev–Trinajstić information content (AvgIpc) is 2.35. The maximum absolute atomic E-state index is 12.0. The van der Waals surface area contributed by atoms with Crippen LogP contribution in [-0.2, 0) is 0 Å². The number of hydrogen-bond acceptors (Lipinski definition) is 5. The highest BCUT2D eigenvalue weighted by Gasteiger charge is 2.25. The lowest BCUT2D eigenvalue weighted by Gasteiger charge is -2.13. The number of aromatic nitrogens is 1. The van der Waals surface area contributed by atoms with Crippen LogP contribution >= 0.6 is 23.4 Å². The Morgan fingerprint density at radius 2 is 2.37 bits per heavy atom. The Morgan fingerprint density at radius 3 is 2.95 bits per heavy atom. The van der Waals surface area contributed by atoms with Crippen molar-refractivity contribution in [2.45, 2.75) is 19.4 Å². The van der Waals surface area contributed by atoms with Crippen LogP contribution in [0.4, 0.5) is 5.69 Å². The van der Waals surface area contributed by atoms with Crippen molar-refractivity contribution in [3.63, 3.8) is 0 Å². The number of pyridine rings is 1. The normalized spacial score (nSPS) is 11.9. The summed E-state index contributed by atoms with van der Waals surface area (Å²) in [7, 11) is 0. The average molecular weight is 304 g/mol. The van der Waals surface area contributed by atoms with Crippen LogP contribution < -0.4 is 5.32 Å². The van der Waals surface area contributed by atoms with E-state index in [-0.39, 0.29) is 16.8 Å². The number of hydrogen-bond donors (Lipinski definition) is 1. The van der Waals surface area contributed by atoms with E-state index in [4.69, 9.17) is 11.6 Å². The third-order valence-electron chi connectivity index (χ3n) is 2.44. The molecule has 0 spiro atoms. The van der Waals surface area contributed by atoms with Gasteiger partial charge in [0.1, 0.15) is 5.56 Å². The zero-order chi connectivity index (χ0) is 14.4. The Bertz CT molecular complexity index is 484. The Morgan fingerprint density at radius 1 is 1.68 bits per heavy atom. The standard InChI is InChI=1S/C11H14ClN3O3S/c1-7(4-6-19-2)14-11(16)8-3-5-13-10(12)9(8)15(17)18/h3,5,7H,4,6H2,1-2H3,(H,14,16). The van der Waals surface area contributed by atoms with Gasteiger partial charge in [0.25, 0.3) is 5.91 Å². The first-order valence-corrected chi connectivity index (χ1v) is 7.33. The van der Waals surface area contributed by atoms with Crippen molar-refractivity contribution in [3.05, 3.63) is 33.1 Å². The number of carbonyl (C=O) groups is 1. The van der Waals surface area contributed by atoms with Gasteiger partial charge >= 0.3 is 5.69 Å². The SMILES string of the molecule is CSCCC(C)NC(=O)c1ccnc(Cl)c1[N+](=O)[O-]. The quantitative estimate of drug-likeness (QED) is 0.496. The van der Waals surface area contributed by atoms with Gasteiger partial charge < -0.3 is 5.32 Å². The fourth-order valence-electron chi connectivity index (χ4n) is 1.45.